The van der Waals surface area contributed by atoms with Gasteiger partial charge in [-0.1, -0.05) is 0 Å². The van der Waals surface area contributed by atoms with Crippen molar-refractivity contribution in [1.29, 1.82) is 0 Å². The Labute approximate surface area is 127 Å². The summed E-state index contributed by atoms with van der Waals surface area (Å²) >= 11 is 0. The van der Waals surface area contributed by atoms with Gasteiger partial charge in [-0.05, 0) is 25.9 Å². The van der Waals surface area contributed by atoms with Crippen LogP contribution in [0.25, 0.3) is 0 Å². The van der Waals surface area contributed by atoms with Crippen molar-refractivity contribution in [2.45, 2.75) is 30.5 Å². The monoisotopic (exact) mass is 328 g/mol. The molecule has 0 unspecified atom stereocenters. The van der Waals surface area contributed by atoms with Gasteiger partial charge >= 0.3 is 5.69 Å². The summed E-state index contributed by atoms with van der Waals surface area (Å²) in [6.45, 7) is 3.31. The molecule has 0 aromatic carbocycles. The van der Waals surface area contributed by atoms with Crippen molar-refractivity contribution >= 4 is 13.2 Å². The number of ether oxygens (including phenoxy) is 2. The van der Waals surface area contributed by atoms with Crippen molar-refractivity contribution in [2.24, 2.45) is 0 Å². The average Bonchev–Trinajstić information content (AvgIpc) is 2.87. The Kier molecular flexibility index (Phi) is 3.72. The Bertz CT molecular complexity index is 735. The van der Waals surface area contributed by atoms with E-state index < -0.39 is 42.2 Å². The molecule has 7 nitrogen and oxygen atoms in total. The molecule has 3 heterocycles. The summed E-state index contributed by atoms with van der Waals surface area (Å²) in [6.07, 6.45) is 4.94. The van der Waals surface area contributed by atoms with Crippen LogP contribution < -0.4 is 11.2 Å². The zero-order valence-corrected chi connectivity index (χ0v) is 13.6. The number of aliphatic hydroxyl groups is 1. The maximum atomic E-state index is 11.9. The molecular weight excluding hydrogens is 307 g/mol. The third-order valence-electron chi connectivity index (χ3n) is 4.27. The van der Waals surface area contributed by atoms with Gasteiger partial charge in [-0.25, -0.2) is 4.79 Å². The number of H-pyrrole nitrogens is 1. The van der Waals surface area contributed by atoms with Crippen molar-refractivity contribution in [2.75, 3.05) is 26.1 Å². The summed E-state index contributed by atoms with van der Waals surface area (Å²) < 4.78 is 12.9. The predicted octanol–water partition coefficient (Wildman–Crippen LogP) is -0.337. The van der Waals surface area contributed by atoms with Crippen molar-refractivity contribution in [3.8, 4) is 0 Å². The summed E-state index contributed by atoms with van der Waals surface area (Å²) in [5.41, 5.74) is -1.83. The van der Waals surface area contributed by atoms with Crippen molar-refractivity contribution in [3.05, 3.63) is 33.1 Å². The number of aromatic amines is 1. The molecule has 2 aliphatic heterocycles. The second kappa shape index (κ2) is 5.20. The Morgan fingerprint density at radius 1 is 1.55 bits per heavy atom. The standard InChI is InChI=1S/C14H21N2O5P/c1-22(2,3)7-5-14-8-20-10(11(14)18)12(21-14)16-6-4-9(17)15-13(16)19/h4,6,10-12,18H,1,5,7-8H2,2-3H3,(H,15,17,19)/t10-,11+,12-,14+/m1/s1. The molecule has 2 fully saturated rings. The van der Waals surface area contributed by atoms with E-state index in [4.69, 9.17) is 9.47 Å². The number of aliphatic hydroxyl groups excluding tert-OH is 1. The second-order valence-electron chi connectivity index (χ2n) is 6.72. The smallest absolute Gasteiger partial charge is 0.330 e. The van der Waals surface area contributed by atoms with Crippen LogP contribution in [0.3, 0.4) is 0 Å². The summed E-state index contributed by atoms with van der Waals surface area (Å²) in [4.78, 5) is 25.3. The van der Waals surface area contributed by atoms with Crippen LogP contribution >= 0.6 is 6.89 Å². The van der Waals surface area contributed by atoms with Gasteiger partial charge in [0.05, 0.1) is 6.61 Å². The minimum absolute atomic E-state index is 0.313. The number of rotatable bonds is 4. The number of aromatic nitrogens is 2. The fraction of sp³-hybridized carbons (Fsp3) is 0.643. The highest BCUT2D eigenvalue weighted by Crippen LogP contribution is 2.49. The Hall–Kier alpha value is -1.14. The van der Waals surface area contributed by atoms with E-state index in [0.717, 1.165) is 6.16 Å². The van der Waals surface area contributed by atoms with Gasteiger partial charge in [-0.3, -0.25) is 14.3 Å². The quantitative estimate of drug-likeness (QED) is 0.738. The molecule has 3 rings (SSSR count). The van der Waals surface area contributed by atoms with E-state index in [1.54, 1.807) is 0 Å². The van der Waals surface area contributed by atoms with Crippen molar-refractivity contribution in [3.63, 3.8) is 0 Å². The highest BCUT2D eigenvalue weighted by atomic mass is 31.2. The van der Waals surface area contributed by atoms with E-state index in [9.17, 15) is 14.7 Å². The molecule has 2 N–H and O–H groups in total. The van der Waals surface area contributed by atoms with Crippen LogP contribution in [-0.2, 0) is 9.47 Å². The van der Waals surface area contributed by atoms with Gasteiger partial charge in [0.15, 0.2) is 6.23 Å². The lowest BCUT2D eigenvalue weighted by molar-refractivity contribution is -0.175. The first kappa shape index (κ1) is 15.7. The molecular formula is C14H21N2O5P. The van der Waals surface area contributed by atoms with Gasteiger partial charge < -0.3 is 14.6 Å². The zero-order chi connectivity index (χ0) is 16.1. The fourth-order valence-electron chi connectivity index (χ4n) is 2.98. The summed E-state index contributed by atoms with van der Waals surface area (Å²) in [6, 6.07) is 1.25. The lowest BCUT2D eigenvalue weighted by atomic mass is 9.96. The molecule has 0 amide bonds. The molecule has 0 radical (unpaired) electrons. The molecule has 0 spiro atoms. The van der Waals surface area contributed by atoms with Crippen molar-refractivity contribution < 1.29 is 14.6 Å². The first-order chi connectivity index (χ1) is 10.2. The third-order valence-corrected chi connectivity index (χ3v) is 5.71. The second-order valence-corrected chi connectivity index (χ2v) is 11.0. The minimum atomic E-state index is -1.25. The van der Waals surface area contributed by atoms with Gasteiger partial charge in [0.25, 0.3) is 5.56 Å². The van der Waals surface area contributed by atoms with Gasteiger partial charge in [0, 0.05) is 12.3 Å². The molecule has 2 aliphatic rings. The van der Waals surface area contributed by atoms with Gasteiger partial charge in [-0.2, -0.15) is 0 Å². The van der Waals surface area contributed by atoms with E-state index in [2.05, 4.69) is 24.6 Å². The maximum absolute atomic E-state index is 11.9. The van der Waals surface area contributed by atoms with E-state index in [1.807, 2.05) is 0 Å². The highest BCUT2D eigenvalue weighted by Gasteiger charge is 2.61. The number of hydrogen-bond donors (Lipinski definition) is 2. The topological polar surface area (TPSA) is 93.6 Å². The molecule has 122 valence electrons. The van der Waals surface area contributed by atoms with Gasteiger partial charge in [0.2, 0.25) is 0 Å². The number of nitrogens with one attached hydrogen (secondary N) is 1. The van der Waals surface area contributed by atoms with E-state index in [0.29, 0.717) is 13.0 Å². The van der Waals surface area contributed by atoms with Crippen LogP contribution in [0.2, 0.25) is 0 Å². The molecule has 8 heteroatoms. The summed E-state index contributed by atoms with van der Waals surface area (Å²) in [7, 11) is 0. The lowest BCUT2D eigenvalue weighted by Crippen LogP contribution is -2.42. The van der Waals surface area contributed by atoms with Crippen molar-refractivity contribution in [1.82, 2.24) is 9.55 Å². The molecule has 2 bridgehead atoms. The molecule has 4 atom stereocenters. The average molecular weight is 328 g/mol. The summed E-state index contributed by atoms with van der Waals surface area (Å²) in [5.74, 6) is 0. The highest BCUT2D eigenvalue weighted by molar-refractivity contribution is 7.72. The first-order valence-electron chi connectivity index (χ1n) is 7.18. The van der Waals surface area contributed by atoms with Crippen LogP contribution in [0.15, 0.2) is 21.9 Å². The number of fused-ring (bicyclic) bond motifs is 2. The normalized spacial score (nSPS) is 34.2. The molecule has 0 aliphatic carbocycles. The van der Waals surface area contributed by atoms with Crippen LogP contribution in [-0.4, -0.2) is 64.9 Å². The predicted molar refractivity (Wildman–Crippen MR) is 85.3 cm³/mol. The number of hydrogen-bond acceptors (Lipinski definition) is 5. The summed E-state index contributed by atoms with van der Waals surface area (Å²) in [5, 5.41) is 10.5. The van der Waals surface area contributed by atoms with Gasteiger partial charge in [-0.15, -0.1) is 13.2 Å². The van der Waals surface area contributed by atoms with E-state index >= 15 is 0 Å². The zero-order valence-electron chi connectivity index (χ0n) is 12.7. The first-order valence-corrected chi connectivity index (χ1v) is 10.2. The SMILES string of the molecule is C=P(C)(C)CC[C@@]12CO[C@@H]([C@H](n3ccc(=O)[nH]c3=O)O1)[C@@H]2O. The maximum Gasteiger partial charge on any atom is 0.330 e. The number of nitrogens with zero attached hydrogens (tertiary/aromatic N) is 1. The molecule has 2 saturated heterocycles. The van der Waals surface area contributed by atoms with Crippen LogP contribution in [0.1, 0.15) is 12.6 Å². The Balaban J connectivity index is 1.88. The van der Waals surface area contributed by atoms with E-state index in [-0.39, 0.29) is 0 Å². The largest absolute Gasteiger partial charge is 0.387 e. The minimum Gasteiger partial charge on any atom is -0.387 e. The van der Waals surface area contributed by atoms with E-state index in [1.165, 1.54) is 16.8 Å². The molecule has 22 heavy (non-hydrogen) atoms. The fourth-order valence-corrected chi connectivity index (χ4v) is 3.96. The molecule has 0 saturated carbocycles. The molecule has 1 aromatic rings. The van der Waals surface area contributed by atoms with Gasteiger partial charge in [0.1, 0.15) is 17.8 Å². The lowest BCUT2D eigenvalue weighted by Gasteiger charge is -2.32. The third kappa shape index (κ3) is 2.63. The Morgan fingerprint density at radius 2 is 2.27 bits per heavy atom. The van der Waals surface area contributed by atoms with Crippen LogP contribution in [0, 0.1) is 0 Å². The Morgan fingerprint density at radius 3 is 2.91 bits per heavy atom. The van der Waals surface area contributed by atoms with Crippen LogP contribution in [0.5, 0.6) is 0 Å². The van der Waals surface area contributed by atoms with Crippen LogP contribution in [0.4, 0.5) is 0 Å². The molecule has 1 aromatic heterocycles.